The van der Waals surface area contributed by atoms with E-state index in [4.69, 9.17) is 0 Å². The van der Waals surface area contributed by atoms with E-state index >= 15 is 0 Å². The first-order valence-electron chi connectivity index (χ1n) is 8.26. The molecule has 1 amide bonds. The standard InChI is InChI=1S/C17H20N6O/c24-17(15-11-18-5-6-19-15)23-12-14(13-23)21-7-9-22(10-8-21)16-3-1-2-4-20-16/h1-6,11,14H,7-10,12-13H2. The van der Waals surface area contributed by atoms with Gasteiger partial charge in [0.15, 0.2) is 0 Å². The van der Waals surface area contributed by atoms with Crippen LogP contribution >= 0.6 is 0 Å². The van der Waals surface area contributed by atoms with Crippen molar-refractivity contribution in [1.82, 2.24) is 24.8 Å². The van der Waals surface area contributed by atoms with E-state index in [1.54, 1.807) is 12.4 Å². The number of amides is 1. The number of hydrogen-bond donors (Lipinski definition) is 0. The highest BCUT2D eigenvalue weighted by Crippen LogP contribution is 2.20. The molecule has 2 aliphatic rings. The molecule has 124 valence electrons. The molecular formula is C17H20N6O. The van der Waals surface area contributed by atoms with Crippen molar-refractivity contribution in [2.45, 2.75) is 6.04 Å². The average Bonchev–Trinajstić information content (AvgIpc) is 2.62. The molecule has 0 saturated carbocycles. The number of carbonyl (C=O) groups is 1. The summed E-state index contributed by atoms with van der Waals surface area (Å²) < 4.78 is 0. The van der Waals surface area contributed by atoms with Crippen LogP contribution in [-0.2, 0) is 0 Å². The molecule has 2 fully saturated rings. The van der Waals surface area contributed by atoms with Gasteiger partial charge < -0.3 is 9.80 Å². The van der Waals surface area contributed by atoms with Crippen LogP contribution in [0.5, 0.6) is 0 Å². The zero-order valence-corrected chi connectivity index (χ0v) is 13.5. The maximum Gasteiger partial charge on any atom is 0.274 e. The zero-order chi connectivity index (χ0) is 16.4. The van der Waals surface area contributed by atoms with Crippen LogP contribution in [0.25, 0.3) is 0 Å². The third-order valence-electron chi connectivity index (χ3n) is 4.74. The molecule has 0 spiro atoms. The summed E-state index contributed by atoms with van der Waals surface area (Å²) in [7, 11) is 0. The molecule has 0 atom stereocenters. The van der Waals surface area contributed by atoms with Crippen molar-refractivity contribution in [2.75, 3.05) is 44.2 Å². The Morgan fingerprint density at radius 1 is 1.00 bits per heavy atom. The Morgan fingerprint density at radius 2 is 1.83 bits per heavy atom. The van der Waals surface area contributed by atoms with Crippen molar-refractivity contribution in [2.24, 2.45) is 0 Å². The lowest BCUT2D eigenvalue weighted by Crippen LogP contribution is -2.64. The Balaban J connectivity index is 1.27. The second kappa shape index (κ2) is 6.52. The summed E-state index contributed by atoms with van der Waals surface area (Å²) in [5.74, 6) is 1.02. The molecular weight excluding hydrogens is 304 g/mol. The van der Waals surface area contributed by atoms with Gasteiger partial charge in [-0.3, -0.25) is 14.7 Å². The number of rotatable bonds is 3. The maximum atomic E-state index is 12.3. The maximum absolute atomic E-state index is 12.3. The van der Waals surface area contributed by atoms with Gasteiger partial charge in [-0.25, -0.2) is 9.97 Å². The van der Waals surface area contributed by atoms with E-state index in [9.17, 15) is 4.79 Å². The molecule has 24 heavy (non-hydrogen) atoms. The number of likely N-dealkylation sites (tertiary alicyclic amines) is 1. The SMILES string of the molecule is O=C(c1cnccn1)N1CC(N2CCN(c3ccccn3)CC2)C1. The highest BCUT2D eigenvalue weighted by atomic mass is 16.2. The van der Waals surface area contributed by atoms with Crippen LogP contribution < -0.4 is 4.90 Å². The van der Waals surface area contributed by atoms with Gasteiger partial charge in [0.05, 0.1) is 6.20 Å². The van der Waals surface area contributed by atoms with E-state index in [1.807, 2.05) is 23.2 Å². The number of nitrogens with zero attached hydrogens (tertiary/aromatic N) is 6. The lowest BCUT2D eigenvalue weighted by atomic mass is 10.1. The number of aromatic nitrogens is 3. The first-order chi connectivity index (χ1) is 11.8. The average molecular weight is 324 g/mol. The van der Waals surface area contributed by atoms with Crippen molar-refractivity contribution in [3.05, 3.63) is 48.7 Å². The molecule has 2 aliphatic heterocycles. The molecule has 0 bridgehead atoms. The normalized spacial score (nSPS) is 19.2. The third kappa shape index (κ3) is 2.94. The first kappa shape index (κ1) is 15.0. The fourth-order valence-corrected chi connectivity index (χ4v) is 3.28. The van der Waals surface area contributed by atoms with Crippen LogP contribution in [0.15, 0.2) is 43.0 Å². The molecule has 0 aliphatic carbocycles. The smallest absolute Gasteiger partial charge is 0.274 e. The van der Waals surface area contributed by atoms with Gasteiger partial charge in [-0.2, -0.15) is 0 Å². The quantitative estimate of drug-likeness (QED) is 0.820. The second-order valence-electron chi connectivity index (χ2n) is 6.17. The molecule has 0 N–H and O–H groups in total. The fraction of sp³-hybridized carbons (Fsp3) is 0.412. The number of piperazine rings is 1. The summed E-state index contributed by atoms with van der Waals surface area (Å²) in [4.78, 5) is 31.4. The van der Waals surface area contributed by atoms with Gasteiger partial charge in [0, 0.05) is 63.9 Å². The molecule has 0 radical (unpaired) electrons. The van der Waals surface area contributed by atoms with Crippen LogP contribution in [-0.4, -0.2) is 76.0 Å². The molecule has 7 nitrogen and oxygen atoms in total. The van der Waals surface area contributed by atoms with E-state index in [0.717, 1.165) is 45.1 Å². The van der Waals surface area contributed by atoms with Crippen molar-refractivity contribution < 1.29 is 4.79 Å². The summed E-state index contributed by atoms with van der Waals surface area (Å²) in [5.41, 5.74) is 0.427. The molecule has 2 saturated heterocycles. The van der Waals surface area contributed by atoms with Crippen LogP contribution in [0.4, 0.5) is 5.82 Å². The van der Waals surface area contributed by atoms with Crippen molar-refractivity contribution in [3.63, 3.8) is 0 Å². The summed E-state index contributed by atoms with van der Waals surface area (Å²) in [5, 5.41) is 0. The van der Waals surface area contributed by atoms with Gasteiger partial charge in [-0.15, -0.1) is 0 Å². The molecule has 0 unspecified atom stereocenters. The van der Waals surface area contributed by atoms with Crippen LogP contribution in [0.3, 0.4) is 0 Å². The minimum absolute atomic E-state index is 0.0218. The summed E-state index contributed by atoms with van der Waals surface area (Å²) in [6.45, 7) is 5.53. The van der Waals surface area contributed by atoms with Crippen LogP contribution in [0.2, 0.25) is 0 Å². The van der Waals surface area contributed by atoms with E-state index in [0.29, 0.717) is 11.7 Å². The lowest BCUT2D eigenvalue weighted by molar-refractivity contribution is 0.0241. The topological polar surface area (TPSA) is 65.5 Å². The molecule has 4 rings (SSSR count). The van der Waals surface area contributed by atoms with Crippen molar-refractivity contribution in [1.29, 1.82) is 0 Å². The Bertz CT molecular complexity index is 681. The van der Waals surface area contributed by atoms with Crippen molar-refractivity contribution in [3.8, 4) is 0 Å². The Kier molecular flexibility index (Phi) is 4.08. The minimum atomic E-state index is -0.0218. The number of carbonyl (C=O) groups excluding carboxylic acids is 1. The van der Waals surface area contributed by atoms with Gasteiger partial charge in [0.1, 0.15) is 11.5 Å². The third-order valence-corrected chi connectivity index (χ3v) is 4.74. The van der Waals surface area contributed by atoms with Crippen LogP contribution in [0.1, 0.15) is 10.5 Å². The molecule has 0 aromatic carbocycles. The molecule has 7 heteroatoms. The van der Waals surface area contributed by atoms with E-state index in [2.05, 4.69) is 30.8 Å². The first-order valence-corrected chi connectivity index (χ1v) is 8.26. The minimum Gasteiger partial charge on any atom is -0.354 e. The Morgan fingerprint density at radius 3 is 2.50 bits per heavy atom. The Labute approximate surface area is 140 Å². The predicted octanol–water partition coefficient (Wildman–Crippen LogP) is 0.518. The van der Waals surface area contributed by atoms with Crippen LogP contribution in [0, 0.1) is 0 Å². The van der Waals surface area contributed by atoms with E-state index < -0.39 is 0 Å². The van der Waals surface area contributed by atoms with E-state index in [-0.39, 0.29) is 5.91 Å². The summed E-state index contributed by atoms with van der Waals surface area (Å²) >= 11 is 0. The Hall–Kier alpha value is -2.54. The highest BCUT2D eigenvalue weighted by molar-refractivity contribution is 5.92. The second-order valence-corrected chi connectivity index (χ2v) is 6.17. The summed E-state index contributed by atoms with van der Waals surface area (Å²) in [6.07, 6.45) is 6.50. The van der Waals surface area contributed by atoms with Gasteiger partial charge in [-0.05, 0) is 12.1 Å². The largest absolute Gasteiger partial charge is 0.354 e. The lowest BCUT2D eigenvalue weighted by Gasteiger charge is -2.48. The predicted molar refractivity (Wildman–Crippen MR) is 89.7 cm³/mol. The zero-order valence-electron chi connectivity index (χ0n) is 13.5. The van der Waals surface area contributed by atoms with Gasteiger partial charge >= 0.3 is 0 Å². The fourth-order valence-electron chi connectivity index (χ4n) is 3.28. The number of pyridine rings is 1. The molecule has 2 aromatic rings. The van der Waals surface area contributed by atoms with Gasteiger partial charge in [0.25, 0.3) is 5.91 Å². The number of hydrogen-bond acceptors (Lipinski definition) is 6. The van der Waals surface area contributed by atoms with Crippen molar-refractivity contribution >= 4 is 11.7 Å². The number of anilines is 1. The van der Waals surface area contributed by atoms with E-state index in [1.165, 1.54) is 6.20 Å². The molecule has 4 heterocycles. The molecule has 2 aromatic heterocycles. The monoisotopic (exact) mass is 324 g/mol. The summed E-state index contributed by atoms with van der Waals surface area (Å²) in [6, 6.07) is 6.48. The van der Waals surface area contributed by atoms with Gasteiger partial charge in [-0.1, -0.05) is 6.07 Å². The van der Waals surface area contributed by atoms with Gasteiger partial charge in [0.2, 0.25) is 0 Å². The highest BCUT2D eigenvalue weighted by Gasteiger charge is 2.36.